The van der Waals surface area contributed by atoms with E-state index in [4.69, 9.17) is 0 Å². The minimum atomic E-state index is 0. The number of likely N-dealkylation sites (tertiary alicyclic amines) is 1. The van der Waals surface area contributed by atoms with Gasteiger partial charge in [0.15, 0.2) is 5.96 Å². The van der Waals surface area contributed by atoms with E-state index >= 15 is 0 Å². The minimum Gasteiger partial charge on any atom is -0.355 e. The van der Waals surface area contributed by atoms with Crippen LogP contribution in [0.2, 0.25) is 0 Å². The molecule has 1 aromatic rings. The van der Waals surface area contributed by atoms with Gasteiger partial charge in [0.2, 0.25) is 0 Å². The molecule has 0 amide bonds. The molecule has 0 spiro atoms. The molecule has 2 rings (SSSR count). The number of aliphatic imine (C=N–C) groups is 1. The van der Waals surface area contributed by atoms with Gasteiger partial charge >= 0.3 is 0 Å². The van der Waals surface area contributed by atoms with E-state index in [1.54, 1.807) is 0 Å². The zero-order valence-electron chi connectivity index (χ0n) is 18.4. The Labute approximate surface area is 182 Å². The lowest BCUT2D eigenvalue weighted by Gasteiger charge is -2.45. The fourth-order valence-corrected chi connectivity index (χ4v) is 4.04. The lowest BCUT2D eigenvalue weighted by Crippen LogP contribution is -2.57. The molecule has 1 fully saturated rings. The maximum absolute atomic E-state index is 4.48. The summed E-state index contributed by atoms with van der Waals surface area (Å²) in [6.45, 7) is 17.5. The number of aryl methyl sites for hydroxylation is 2. The SMILES string of the molecule is CN=C(NCc1c(C)nn(C)c1C)NCC(C)(C)N1CC(C)CC(C)C1.I. The van der Waals surface area contributed by atoms with Crippen molar-refractivity contribution in [3.63, 3.8) is 0 Å². The summed E-state index contributed by atoms with van der Waals surface area (Å²) < 4.78 is 1.93. The highest BCUT2D eigenvalue weighted by Gasteiger charge is 2.32. The molecular weight excluding hydrogens is 451 g/mol. The van der Waals surface area contributed by atoms with E-state index in [2.05, 4.69) is 67.2 Å². The predicted molar refractivity (Wildman–Crippen MR) is 125 cm³/mol. The molecule has 2 heterocycles. The maximum atomic E-state index is 4.48. The summed E-state index contributed by atoms with van der Waals surface area (Å²) in [7, 11) is 3.82. The highest BCUT2D eigenvalue weighted by molar-refractivity contribution is 14.0. The Balaban J connectivity index is 0.00000364. The van der Waals surface area contributed by atoms with Crippen molar-refractivity contribution in [2.24, 2.45) is 23.9 Å². The summed E-state index contributed by atoms with van der Waals surface area (Å²) in [5, 5.41) is 11.4. The van der Waals surface area contributed by atoms with Crippen LogP contribution >= 0.6 is 24.0 Å². The summed E-state index contributed by atoms with van der Waals surface area (Å²) in [6.07, 6.45) is 1.34. The Morgan fingerprint density at radius 2 is 1.78 bits per heavy atom. The van der Waals surface area contributed by atoms with E-state index in [0.29, 0.717) is 0 Å². The van der Waals surface area contributed by atoms with E-state index in [1.165, 1.54) is 30.8 Å². The van der Waals surface area contributed by atoms with E-state index in [9.17, 15) is 0 Å². The second kappa shape index (κ2) is 10.1. The number of aromatic nitrogens is 2. The molecular formula is C20H39IN6. The van der Waals surface area contributed by atoms with E-state index in [0.717, 1.165) is 36.6 Å². The first kappa shape index (κ1) is 24.2. The zero-order chi connectivity index (χ0) is 19.5. The molecule has 1 saturated heterocycles. The fourth-order valence-electron chi connectivity index (χ4n) is 4.04. The second-order valence-corrected chi connectivity index (χ2v) is 8.72. The van der Waals surface area contributed by atoms with Crippen molar-refractivity contribution in [1.82, 2.24) is 25.3 Å². The van der Waals surface area contributed by atoms with Crippen LogP contribution in [0.15, 0.2) is 4.99 Å². The number of guanidine groups is 1. The van der Waals surface area contributed by atoms with Crippen LogP contribution in [0, 0.1) is 25.7 Å². The van der Waals surface area contributed by atoms with Crippen molar-refractivity contribution in [1.29, 1.82) is 0 Å². The molecule has 6 nitrogen and oxygen atoms in total. The van der Waals surface area contributed by atoms with Crippen LogP contribution in [0.1, 0.15) is 51.1 Å². The van der Waals surface area contributed by atoms with E-state index < -0.39 is 0 Å². The molecule has 2 N–H and O–H groups in total. The fraction of sp³-hybridized carbons (Fsp3) is 0.800. The highest BCUT2D eigenvalue weighted by atomic mass is 127. The van der Waals surface area contributed by atoms with Crippen LogP contribution in [-0.4, -0.2) is 52.9 Å². The average molecular weight is 490 g/mol. The lowest BCUT2D eigenvalue weighted by atomic mass is 9.88. The van der Waals surface area contributed by atoms with Gasteiger partial charge in [-0.15, -0.1) is 24.0 Å². The smallest absolute Gasteiger partial charge is 0.191 e. The van der Waals surface area contributed by atoms with Crippen molar-refractivity contribution >= 4 is 29.9 Å². The summed E-state index contributed by atoms with van der Waals surface area (Å²) in [6, 6.07) is 0. The normalized spacial score (nSPS) is 21.7. The number of nitrogens with one attached hydrogen (secondary N) is 2. The number of piperidine rings is 1. The van der Waals surface area contributed by atoms with Gasteiger partial charge in [0, 0.05) is 57.1 Å². The first-order chi connectivity index (χ1) is 12.1. The number of halogens is 1. The van der Waals surface area contributed by atoms with Crippen molar-refractivity contribution < 1.29 is 0 Å². The summed E-state index contributed by atoms with van der Waals surface area (Å²) in [4.78, 5) is 7.02. The molecule has 1 aliphatic heterocycles. The third-order valence-electron chi connectivity index (χ3n) is 5.73. The Morgan fingerprint density at radius 1 is 1.19 bits per heavy atom. The molecule has 0 aliphatic carbocycles. The molecule has 0 radical (unpaired) electrons. The minimum absolute atomic E-state index is 0. The second-order valence-electron chi connectivity index (χ2n) is 8.72. The van der Waals surface area contributed by atoms with Crippen LogP contribution in [-0.2, 0) is 13.6 Å². The molecule has 156 valence electrons. The van der Waals surface area contributed by atoms with Gasteiger partial charge in [-0.05, 0) is 46.0 Å². The molecule has 0 aromatic carbocycles. The van der Waals surface area contributed by atoms with Gasteiger partial charge in [0.05, 0.1) is 5.69 Å². The Bertz CT molecular complexity index is 627. The third kappa shape index (κ3) is 6.34. The van der Waals surface area contributed by atoms with Gasteiger partial charge in [0.25, 0.3) is 0 Å². The van der Waals surface area contributed by atoms with Crippen molar-refractivity contribution in [3.05, 3.63) is 17.0 Å². The standard InChI is InChI=1S/C20H38N6.HI/c1-14-9-15(2)12-26(11-14)20(5,6)13-23-19(21-7)22-10-18-16(3)24-25(8)17(18)4;/h14-15H,9-13H2,1-8H3,(H2,21,22,23);1H. The summed E-state index contributed by atoms with van der Waals surface area (Å²) >= 11 is 0. The van der Waals surface area contributed by atoms with Gasteiger partial charge in [-0.25, -0.2) is 0 Å². The van der Waals surface area contributed by atoms with Crippen LogP contribution in [0.4, 0.5) is 0 Å². The quantitative estimate of drug-likeness (QED) is 0.379. The van der Waals surface area contributed by atoms with Crippen LogP contribution < -0.4 is 10.6 Å². The predicted octanol–water partition coefficient (Wildman–Crippen LogP) is 3.08. The molecule has 0 bridgehead atoms. The van der Waals surface area contributed by atoms with Crippen LogP contribution in [0.25, 0.3) is 0 Å². The molecule has 0 saturated carbocycles. The summed E-state index contributed by atoms with van der Waals surface area (Å²) in [5.74, 6) is 2.39. The Hall–Kier alpha value is -0.830. The van der Waals surface area contributed by atoms with Crippen molar-refractivity contribution in [2.75, 3.05) is 26.7 Å². The van der Waals surface area contributed by atoms with Gasteiger partial charge in [-0.2, -0.15) is 5.10 Å². The van der Waals surface area contributed by atoms with Gasteiger partial charge < -0.3 is 10.6 Å². The molecule has 1 aliphatic rings. The van der Waals surface area contributed by atoms with Crippen molar-refractivity contribution in [2.45, 2.75) is 60.0 Å². The van der Waals surface area contributed by atoms with Gasteiger partial charge in [-0.3, -0.25) is 14.6 Å². The Morgan fingerprint density at radius 3 is 2.26 bits per heavy atom. The van der Waals surface area contributed by atoms with Crippen LogP contribution in [0.5, 0.6) is 0 Å². The first-order valence-electron chi connectivity index (χ1n) is 9.82. The van der Waals surface area contributed by atoms with E-state index in [1.807, 2.05) is 18.8 Å². The monoisotopic (exact) mass is 490 g/mol. The molecule has 2 atom stereocenters. The number of hydrogen-bond acceptors (Lipinski definition) is 3. The third-order valence-corrected chi connectivity index (χ3v) is 5.73. The molecule has 7 heteroatoms. The highest BCUT2D eigenvalue weighted by Crippen LogP contribution is 2.26. The van der Waals surface area contributed by atoms with Gasteiger partial charge in [-0.1, -0.05) is 13.8 Å². The largest absolute Gasteiger partial charge is 0.355 e. The molecule has 1 aromatic heterocycles. The first-order valence-corrected chi connectivity index (χ1v) is 9.82. The van der Waals surface area contributed by atoms with Crippen molar-refractivity contribution in [3.8, 4) is 0 Å². The topological polar surface area (TPSA) is 57.5 Å². The number of nitrogens with zero attached hydrogens (tertiary/aromatic N) is 4. The zero-order valence-corrected chi connectivity index (χ0v) is 20.7. The van der Waals surface area contributed by atoms with E-state index in [-0.39, 0.29) is 29.5 Å². The Kier molecular flexibility index (Phi) is 9.05. The lowest BCUT2D eigenvalue weighted by molar-refractivity contribution is 0.0483. The summed E-state index contributed by atoms with van der Waals surface area (Å²) in [5.41, 5.74) is 3.61. The molecule has 2 unspecified atom stereocenters. The number of hydrogen-bond donors (Lipinski definition) is 2. The van der Waals surface area contributed by atoms with Gasteiger partial charge in [0.1, 0.15) is 0 Å². The maximum Gasteiger partial charge on any atom is 0.191 e. The van der Waals surface area contributed by atoms with Crippen LogP contribution in [0.3, 0.4) is 0 Å². The average Bonchev–Trinajstić information content (AvgIpc) is 2.79. The molecule has 27 heavy (non-hydrogen) atoms. The number of rotatable bonds is 5.